The van der Waals surface area contributed by atoms with Crippen molar-refractivity contribution in [1.82, 2.24) is 0 Å². The van der Waals surface area contributed by atoms with Gasteiger partial charge in [0.05, 0.1) is 5.71 Å². The third-order valence-corrected chi connectivity index (χ3v) is 1.29. The van der Waals surface area contributed by atoms with Crippen molar-refractivity contribution in [2.45, 2.75) is 32.3 Å². The maximum atomic E-state index is 5.42. The van der Waals surface area contributed by atoms with Crippen molar-refractivity contribution < 1.29 is 4.84 Å². The van der Waals surface area contributed by atoms with E-state index in [-0.39, 0.29) is 6.10 Å². The minimum absolute atomic E-state index is 0.174. The Morgan fingerprint density at radius 3 is 3.11 bits per heavy atom. The molecule has 1 rings (SSSR count). The molecule has 0 aromatic heterocycles. The van der Waals surface area contributed by atoms with Gasteiger partial charge in [-0.05, 0) is 6.42 Å². The standard InChI is InChI=1S/C7H11NO/c1-3-4-7-5-6(2)9-8-7/h2,6H,3-5H2,1H3. The Morgan fingerprint density at radius 1 is 1.89 bits per heavy atom. The molecule has 0 aromatic carbocycles. The van der Waals surface area contributed by atoms with E-state index in [1.165, 1.54) is 0 Å². The van der Waals surface area contributed by atoms with Crippen LogP contribution in [0.3, 0.4) is 0 Å². The second-order valence-electron chi connectivity index (χ2n) is 2.26. The summed E-state index contributed by atoms with van der Waals surface area (Å²) in [7, 11) is 0. The van der Waals surface area contributed by atoms with Crippen molar-refractivity contribution in [3.63, 3.8) is 0 Å². The van der Waals surface area contributed by atoms with Gasteiger partial charge in [0.2, 0.25) is 0 Å². The monoisotopic (exact) mass is 125 g/mol. The van der Waals surface area contributed by atoms with Gasteiger partial charge < -0.3 is 4.84 Å². The summed E-state index contributed by atoms with van der Waals surface area (Å²) in [6.45, 7) is 7.54. The molecule has 2 heteroatoms. The van der Waals surface area contributed by atoms with Crippen LogP contribution < -0.4 is 0 Å². The van der Waals surface area contributed by atoms with Crippen molar-refractivity contribution in [3.05, 3.63) is 6.92 Å². The van der Waals surface area contributed by atoms with Crippen molar-refractivity contribution in [3.8, 4) is 0 Å². The summed E-state index contributed by atoms with van der Waals surface area (Å²) in [6, 6.07) is 0. The lowest BCUT2D eigenvalue weighted by Crippen LogP contribution is -2.01. The van der Waals surface area contributed by atoms with E-state index in [2.05, 4.69) is 12.1 Å². The summed E-state index contributed by atoms with van der Waals surface area (Å²) in [5.41, 5.74) is 1.10. The number of oxime groups is 1. The van der Waals surface area contributed by atoms with Gasteiger partial charge in [-0.15, -0.1) is 0 Å². The molecule has 0 N–H and O–H groups in total. The predicted molar refractivity (Wildman–Crippen MR) is 36.1 cm³/mol. The summed E-state index contributed by atoms with van der Waals surface area (Å²) in [5, 5.41) is 3.80. The van der Waals surface area contributed by atoms with E-state index in [1.807, 2.05) is 0 Å². The summed E-state index contributed by atoms with van der Waals surface area (Å²) < 4.78 is 0. The number of hydrogen-bond donors (Lipinski definition) is 0. The molecule has 0 saturated carbocycles. The van der Waals surface area contributed by atoms with Gasteiger partial charge in [-0.3, -0.25) is 0 Å². The predicted octanol–water partition coefficient (Wildman–Crippen LogP) is 1.64. The molecule has 0 fully saturated rings. The van der Waals surface area contributed by atoms with Crippen molar-refractivity contribution in [2.75, 3.05) is 0 Å². The lowest BCUT2D eigenvalue weighted by Gasteiger charge is -1.94. The summed E-state index contributed by atoms with van der Waals surface area (Å²) in [5.74, 6) is 0. The fourth-order valence-corrected chi connectivity index (χ4v) is 0.885. The third kappa shape index (κ3) is 1.70. The van der Waals surface area contributed by atoms with Gasteiger partial charge in [0.25, 0.3) is 0 Å². The van der Waals surface area contributed by atoms with Gasteiger partial charge in [0.15, 0.2) is 0 Å². The smallest absolute Gasteiger partial charge is 0.136 e. The first-order valence-corrected chi connectivity index (χ1v) is 3.30. The average Bonchev–Trinajstić information content (AvgIpc) is 2.17. The topological polar surface area (TPSA) is 21.6 Å². The van der Waals surface area contributed by atoms with E-state index in [0.717, 1.165) is 25.0 Å². The molecular weight excluding hydrogens is 114 g/mol. The van der Waals surface area contributed by atoms with Crippen LogP contribution in [0, 0.1) is 6.92 Å². The molecule has 0 aromatic rings. The van der Waals surface area contributed by atoms with E-state index in [9.17, 15) is 0 Å². The maximum Gasteiger partial charge on any atom is 0.136 e. The molecule has 1 aliphatic heterocycles. The number of hydrogen-bond acceptors (Lipinski definition) is 2. The highest BCUT2D eigenvalue weighted by molar-refractivity contribution is 5.85. The molecule has 1 atom stereocenters. The zero-order valence-corrected chi connectivity index (χ0v) is 5.63. The molecule has 0 saturated heterocycles. The van der Waals surface area contributed by atoms with Gasteiger partial charge in [0.1, 0.15) is 6.10 Å². The highest BCUT2D eigenvalue weighted by Crippen LogP contribution is 2.11. The summed E-state index contributed by atoms with van der Waals surface area (Å²) in [4.78, 5) is 4.78. The molecule has 50 valence electrons. The van der Waals surface area contributed by atoms with Gasteiger partial charge in [-0.25, -0.2) is 0 Å². The molecule has 0 aliphatic carbocycles. The first kappa shape index (κ1) is 6.59. The quantitative estimate of drug-likeness (QED) is 0.549. The minimum atomic E-state index is -0.174. The molecule has 0 bridgehead atoms. The lowest BCUT2D eigenvalue weighted by molar-refractivity contribution is 0.118. The number of nitrogens with zero attached hydrogens (tertiary/aromatic N) is 1. The van der Waals surface area contributed by atoms with Crippen LogP contribution in [0.15, 0.2) is 5.16 Å². The van der Waals surface area contributed by atoms with Crippen molar-refractivity contribution >= 4 is 5.71 Å². The van der Waals surface area contributed by atoms with E-state index in [0.29, 0.717) is 0 Å². The Morgan fingerprint density at radius 2 is 2.67 bits per heavy atom. The van der Waals surface area contributed by atoms with Crippen LogP contribution in [0.2, 0.25) is 0 Å². The van der Waals surface area contributed by atoms with Crippen molar-refractivity contribution in [2.24, 2.45) is 5.16 Å². The van der Waals surface area contributed by atoms with Crippen LogP contribution >= 0.6 is 0 Å². The molecule has 0 spiro atoms. The summed E-state index contributed by atoms with van der Waals surface area (Å²) in [6.07, 6.45) is 2.78. The van der Waals surface area contributed by atoms with E-state index >= 15 is 0 Å². The zero-order valence-electron chi connectivity index (χ0n) is 5.63. The van der Waals surface area contributed by atoms with Gasteiger partial charge in [-0.2, -0.15) is 0 Å². The van der Waals surface area contributed by atoms with Crippen LogP contribution in [-0.4, -0.2) is 11.8 Å². The molecular formula is C7H11NO. The van der Waals surface area contributed by atoms with Gasteiger partial charge in [-0.1, -0.05) is 18.5 Å². The van der Waals surface area contributed by atoms with E-state index < -0.39 is 0 Å². The molecule has 2 nitrogen and oxygen atoms in total. The first-order valence-electron chi connectivity index (χ1n) is 3.30. The molecule has 1 unspecified atom stereocenters. The average molecular weight is 125 g/mol. The van der Waals surface area contributed by atoms with Gasteiger partial charge >= 0.3 is 0 Å². The fourth-order valence-electron chi connectivity index (χ4n) is 0.885. The zero-order chi connectivity index (χ0) is 6.69. The Kier molecular flexibility index (Phi) is 2.09. The fraction of sp³-hybridized carbons (Fsp3) is 0.714. The Balaban J connectivity index is 2.27. The molecule has 2 radical (unpaired) electrons. The number of rotatable bonds is 2. The molecule has 9 heavy (non-hydrogen) atoms. The lowest BCUT2D eigenvalue weighted by atomic mass is 10.1. The van der Waals surface area contributed by atoms with E-state index in [4.69, 9.17) is 11.8 Å². The Labute approximate surface area is 55.9 Å². The Hall–Kier alpha value is -0.530. The first-order chi connectivity index (χ1) is 4.33. The van der Waals surface area contributed by atoms with E-state index in [1.54, 1.807) is 0 Å². The van der Waals surface area contributed by atoms with Crippen LogP contribution in [0.5, 0.6) is 0 Å². The van der Waals surface area contributed by atoms with Crippen molar-refractivity contribution in [1.29, 1.82) is 0 Å². The van der Waals surface area contributed by atoms with Crippen LogP contribution in [0.4, 0.5) is 0 Å². The highest BCUT2D eigenvalue weighted by Gasteiger charge is 2.14. The van der Waals surface area contributed by atoms with Gasteiger partial charge in [0, 0.05) is 13.3 Å². The minimum Gasteiger partial charge on any atom is -0.392 e. The Bertz CT molecular complexity index is 120. The second-order valence-corrected chi connectivity index (χ2v) is 2.26. The third-order valence-electron chi connectivity index (χ3n) is 1.29. The highest BCUT2D eigenvalue weighted by atomic mass is 16.6. The largest absolute Gasteiger partial charge is 0.392 e. The SMILES string of the molecule is [CH]C1CC(CCC)=NO1. The summed E-state index contributed by atoms with van der Waals surface area (Å²) >= 11 is 0. The second kappa shape index (κ2) is 2.85. The molecule has 1 aliphatic rings. The van der Waals surface area contributed by atoms with Crippen LogP contribution in [-0.2, 0) is 4.84 Å². The van der Waals surface area contributed by atoms with Crippen LogP contribution in [0.25, 0.3) is 0 Å². The molecule has 0 amide bonds. The normalized spacial score (nSPS) is 25.6. The maximum absolute atomic E-state index is 5.42. The van der Waals surface area contributed by atoms with Crippen LogP contribution in [0.1, 0.15) is 26.2 Å². The molecule has 1 heterocycles.